The number of benzene rings is 1. The Balaban J connectivity index is 2.24. The van der Waals surface area contributed by atoms with Gasteiger partial charge in [-0.1, -0.05) is 31.5 Å². The number of hydrogen-bond donors (Lipinski definition) is 0. The lowest BCUT2D eigenvalue weighted by Gasteiger charge is -2.01. The van der Waals surface area contributed by atoms with Gasteiger partial charge in [-0.05, 0) is 23.1 Å². The highest BCUT2D eigenvalue weighted by Gasteiger charge is 2.17. The summed E-state index contributed by atoms with van der Waals surface area (Å²) in [5.41, 5.74) is 3.63. The molecule has 1 heterocycles. The Labute approximate surface area is 78.1 Å². The van der Waals surface area contributed by atoms with Crippen LogP contribution in [0.3, 0.4) is 0 Å². The summed E-state index contributed by atoms with van der Waals surface area (Å²) < 4.78 is 12.9. The van der Waals surface area contributed by atoms with Crippen molar-refractivity contribution in [2.45, 2.75) is 32.9 Å². The summed E-state index contributed by atoms with van der Waals surface area (Å²) in [6.07, 6.45) is 2.25. The number of aryl methyl sites for hydroxylation is 1. The predicted molar refractivity (Wildman–Crippen MR) is 50.8 cm³/mol. The minimum Gasteiger partial charge on any atom is -0.138 e. The van der Waals surface area contributed by atoms with Crippen LogP contribution in [-0.4, -0.2) is 5.12 Å². The third kappa shape index (κ3) is 1.73. The summed E-state index contributed by atoms with van der Waals surface area (Å²) in [5.74, 6) is 0. The number of halogens is 1. The maximum Gasteiger partial charge on any atom is 0.0548 e. The highest BCUT2D eigenvalue weighted by molar-refractivity contribution is 5.34. The van der Waals surface area contributed by atoms with Crippen LogP contribution < -0.4 is 0 Å². The summed E-state index contributed by atoms with van der Waals surface area (Å²) in [6.45, 7) is 3.09. The molecule has 0 spiro atoms. The molecule has 2 heteroatoms. The van der Waals surface area contributed by atoms with Crippen LogP contribution in [0.25, 0.3) is 0 Å². The van der Waals surface area contributed by atoms with Gasteiger partial charge in [-0.25, -0.2) is 0 Å². The van der Waals surface area contributed by atoms with E-state index in [1.54, 1.807) is 0 Å². The van der Waals surface area contributed by atoms with E-state index in [4.69, 9.17) is 0 Å². The maximum absolute atomic E-state index is 12.9. The molecule has 0 amide bonds. The van der Waals surface area contributed by atoms with E-state index in [0.29, 0.717) is 13.1 Å². The monoisotopic (exact) mass is 179 g/mol. The average Bonchev–Trinajstić information content (AvgIpc) is 2.44. The van der Waals surface area contributed by atoms with E-state index in [1.165, 1.54) is 5.56 Å². The van der Waals surface area contributed by atoms with Crippen molar-refractivity contribution in [1.29, 1.82) is 0 Å². The fourth-order valence-electron chi connectivity index (χ4n) is 1.85. The second-order valence-electron chi connectivity index (χ2n) is 3.63. The third-order valence-corrected chi connectivity index (χ3v) is 2.49. The van der Waals surface area contributed by atoms with E-state index >= 15 is 0 Å². The first-order valence-corrected chi connectivity index (χ1v) is 4.81. The van der Waals surface area contributed by atoms with Crippen molar-refractivity contribution in [1.82, 2.24) is 5.12 Å². The van der Waals surface area contributed by atoms with Crippen LogP contribution >= 0.6 is 0 Å². The maximum atomic E-state index is 12.9. The van der Waals surface area contributed by atoms with Crippen molar-refractivity contribution in [3.8, 4) is 0 Å². The molecule has 0 aromatic heterocycles. The van der Waals surface area contributed by atoms with Gasteiger partial charge in [0, 0.05) is 0 Å². The zero-order valence-corrected chi connectivity index (χ0v) is 7.89. The molecule has 2 rings (SSSR count). The zero-order chi connectivity index (χ0) is 9.26. The molecular weight excluding hydrogens is 165 g/mol. The predicted octanol–water partition coefficient (Wildman–Crippen LogP) is 2.84. The van der Waals surface area contributed by atoms with Gasteiger partial charge in [0.15, 0.2) is 0 Å². The topological polar surface area (TPSA) is 3.24 Å². The summed E-state index contributed by atoms with van der Waals surface area (Å²) in [6, 6.07) is 6.31. The number of rotatable bonds is 2. The molecule has 0 saturated heterocycles. The lowest BCUT2D eigenvalue weighted by molar-refractivity contribution is 0.0211. The van der Waals surface area contributed by atoms with Crippen LogP contribution in [0, 0.1) is 0 Å². The van der Waals surface area contributed by atoms with Gasteiger partial charge in [-0.3, -0.25) is 0 Å². The minimum atomic E-state index is 0.460. The lowest BCUT2D eigenvalue weighted by atomic mass is 10.0. The number of fused-ring (bicyclic) bond motifs is 1. The molecule has 0 saturated carbocycles. The largest absolute Gasteiger partial charge is 0.138 e. The molecule has 0 aliphatic carbocycles. The van der Waals surface area contributed by atoms with E-state index in [9.17, 15) is 4.48 Å². The Morgan fingerprint density at radius 3 is 2.85 bits per heavy atom. The summed E-state index contributed by atoms with van der Waals surface area (Å²) >= 11 is 0. The molecule has 0 N–H and O–H groups in total. The van der Waals surface area contributed by atoms with E-state index in [0.717, 1.165) is 29.1 Å². The molecule has 1 aromatic carbocycles. The minimum absolute atomic E-state index is 0.460. The third-order valence-electron chi connectivity index (χ3n) is 2.49. The first-order chi connectivity index (χ1) is 6.29. The average molecular weight is 179 g/mol. The van der Waals surface area contributed by atoms with Crippen molar-refractivity contribution < 1.29 is 4.48 Å². The van der Waals surface area contributed by atoms with Crippen LogP contribution in [0.4, 0.5) is 4.48 Å². The van der Waals surface area contributed by atoms with Crippen molar-refractivity contribution in [2.75, 3.05) is 0 Å². The Hall–Kier alpha value is -0.890. The Morgan fingerprint density at radius 2 is 2.08 bits per heavy atom. The number of hydrogen-bond acceptors (Lipinski definition) is 1. The summed E-state index contributed by atoms with van der Waals surface area (Å²) in [7, 11) is 0. The van der Waals surface area contributed by atoms with Crippen molar-refractivity contribution in [3.05, 3.63) is 34.9 Å². The molecule has 0 atom stereocenters. The molecule has 0 unspecified atom stereocenters. The van der Waals surface area contributed by atoms with Gasteiger partial charge in [0.25, 0.3) is 0 Å². The van der Waals surface area contributed by atoms with Crippen LogP contribution in [0.15, 0.2) is 18.2 Å². The standard InChI is InChI=1S/C11H14FN/c1-2-3-9-4-5-10-7-13(12)8-11(10)6-9/h4-6H,2-3,7-8H2,1H3. The normalized spacial score (nSPS) is 16.2. The van der Waals surface area contributed by atoms with E-state index in [-0.39, 0.29) is 0 Å². The highest BCUT2D eigenvalue weighted by atomic mass is 19.2. The van der Waals surface area contributed by atoms with Gasteiger partial charge < -0.3 is 0 Å². The fraction of sp³-hybridized carbons (Fsp3) is 0.455. The molecule has 0 radical (unpaired) electrons. The Morgan fingerprint density at radius 1 is 1.31 bits per heavy atom. The molecule has 1 aliphatic rings. The fourth-order valence-corrected chi connectivity index (χ4v) is 1.85. The van der Waals surface area contributed by atoms with E-state index in [1.807, 2.05) is 0 Å². The highest BCUT2D eigenvalue weighted by Crippen LogP contribution is 2.24. The lowest BCUT2D eigenvalue weighted by Crippen LogP contribution is -2.00. The van der Waals surface area contributed by atoms with Gasteiger partial charge in [0.1, 0.15) is 0 Å². The van der Waals surface area contributed by atoms with Gasteiger partial charge in [0.05, 0.1) is 13.1 Å². The van der Waals surface area contributed by atoms with Crippen LogP contribution in [0.5, 0.6) is 0 Å². The molecule has 1 aliphatic heterocycles. The molecular formula is C11H14FN. The van der Waals surface area contributed by atoms with Crippen LogP contribution in [0.1, 0.15) is 30.0 Å². The molecule has 1 nitrogen and oxygen atoms in total. The summed E-state index contributed by atoms with van der Waals surface area (Å²) in [5, 5.41) is 0.862. The van der Waals surface area contributed by atoms with Crippen molar-refractivity contribution in [3.63, 3.8) is 0 Å². The van der Waals surface area contributed by atoms with Gasteiger partial charge in [0.2, 0.25) is 0 Å². The molecule has 1 aromatic rings. The first kappa shape index (κ1) is 8.70. The van der Waals surface area contributed by atoms with Gasteiger partial charge >= 0.3 is 0 Å². The second-order valence-corrected chi connectivity index (χ2v) is 3.63. The molecule has 70 valence electrons. The first-order valence-electron chi connectivity index (χ1n) is 4.81. The van der Waals surface area contributed by atoms with E-state index in [2.05, 4.69) is 25.1 Å². The van der Waals surface area contributed by atoms with Crippen molar-refractivity contribution >= 4 is 0 Å². The number of nitrogens with zero attached hydrogens (tertiary/aromatic N) is 1. The summed E-state index contributed by atoms with van der Waals surface area (Å²) in [4.78, 5) is 0. The molecule has 0 fully saturated rings. The van der Waals surface area contributed by atoms with Gasteiger partial charge in [-0.15, -0.1) is 9.60 Å². The second kappa shape index (κ2) is 3.46. The quantitative estimate of drug-likeness (QED) is 0.631. The zero-order valence-electron chi connectivity index (χ0n) is 7.89. The Kier molecular flexibility index (Phi) is 2.32. The van der Waals surface area contributed by atoms with Gasteiger partial charge in [-0.2, -0.15) is 0 Å². The molecule has 13 heavy (non-hydrogen) atoms. The van der Waals surface area contributed by atoms with Crippen LogP contribution in [-0.2, 0) is 19.5 Å². The van der Waals surface area contributed by atoms with Crippen molar-refractivity contribution in [2.24, 2.45) is 0 Å². The Bertz CT molecular complexity index is 309. The van der Waals surface area contributed by atoms with Crippen LogP contribution in [0.2, 0.25) is 0 Å². The molecule has 0 bridgehead atoms. The SMILES string of the molecule is CCCc1ccc2c(c1)CN(F)C2. The van der Waals surface area contributed by atoms with E-state index < -0.39 is 0 Å². The smallest absolute Gasteiger partial charge is 0.0548 e.